The molecular weight excluding hydrogens is 538 g/mol. The van der Waals surface area contributed by atoms with E-state index in [4.69, 9.17) is 18.9 Å². The SMILES string of the molecule is COc1ccc(C2OCC(C)(C)C(C(=O)NCCC(O)C(=O)NCc3cccc(OCCNS(C)=O)c3)O2)cc1. The van der Waals surface area contributed by atoms with Crippen LogP contribution in [0, 0.1) is 5.41 Å². The first-order chi connectivity index (χ1) is 19.1. The van der Waals surface area contributed by atoms with Gasteiger partial charge in [0.15, 0.2) is 6.29 Å². The van der Waals surface area contributed by atoms with Gasteiger partial charge in [-0.2, -0.15) is 0 Å². The van der Waals surface area contributed by atoms with Crippen molar-refractivity contribution in [3.8, 4) is 11.5 Å². The number of aliphatic hydroxyl groups excluding tert-OH is 1. The fourth-order valence-corrected chi connectivity index (χ4v) is 4.40. The summed E-state index contributed by atoms with van der Waals surface area (Å²) in [7, 11) is 0.485. The highest BCUT2D eigenvalue weighted by atomic mass is 32.2. The van der Waals surface area contributed by atoms with E-state index < -0.39 is 40.8 Å². The van der Waals surface area contributed by atoms with Crippen molar-refractivity contribution in [1.29, 1.82) is 0 Å². The Morgan fingerprint density at radius 2 is 1.88 bits per heavy atom. The Hall–Kier alpha value is -3.03. The van der Waals surface area contributed by atoms with Gasteiger partial charge < -0.3 is 34.7 Å². The minimum absolute atomic E-state index is 0.0398. The summed E-state index contributed by atoms with van der Waals surface area (Å²) in [4.78, 5) is 25.4. The molecule has 11 nitrogen and oxygen atoms in total. The summed E-state index contributed by atoms with van der Waals surface area (Å²) in [6.45, 7) is 5.16. The van der Waals surface area contributed by atoms with E-state index >= 15 is 0 Å². The molecule has 4 N–H and O–H groups in total. The lowest BCUT2D eigenvalue weighted by atomic mass is 9.85. The van der Waals surface area contributed by atoms with E-state index in [2.05, 4.69) is 15.4 Å². The molecule has 0 bridgehead atoms. The van der Waals surface area contributed by atoms with Gasteiger partial charge >= 0.3 is 0 Å². The molecule has 2 amide bonds. The summed E-state index contributed by atoms with van der Waals surface area (Å²) in [5.74, 6) is 0.440. The third-order valence-electron chi connectivity index (χ3n) is 6.26. The number of hydrogen-bond donors (Lipinski definition) is 4. The second-order valence-electron chi connectivity index (χ2n) is 10.1. The van der Waals surface area contributed by atoms with Crippen molar-refractivity contribution in [1.82, 2.24) is 15.4 Å². The molecule has 1 saturated heterocycles. The van der Waals surface area contributed by atoms with Crippen molar-refractivity contribution in [2.75, 3.05) is 39.7 Å². The van der Waals surface area contributed by atoms with Crippen LogP contribution in [0.3, 0.4) is 0 Å². The minimum atomic E-state index is -1.30. The average Bonchev–Trinajstić information content (AvgIpc) is 2.94. The van der Waals surface area contributed by atoms with Gasteiger partial charge in [-0.15, -0.1) is 0 Å². The zero-order chi connectivity index (χ0) is 29.1. The van der Waals surface area contributed by atoms with Crippen LogP contribution in [0.15, 0.2) is 48.5 Å². The standard InChI is InChI=1S/C28H39N3O8S/c1-28(2)18-38-27(20-8-10-21(36-3)11-9-20)39-24(28)26(34)29-13-12-23(32)25(33)30-17-19-6-5-7-22(16-19)37-15-14-31-40(4)35/h5-11,16,23-24,27,31-32H,12-15,17-18H2,1-4H3,(H,29,34)(H,30,33). The van der Waals surface area contributed by atoms with Crippen LogP contribution in [0.25, 0.3) is 0 Å². The third kappa shape index (κ3) is 9.56. The topological polar surface area (TPSA) is 144 Å². The molecule has 1 aliphatic rings. The van der Waals surface area contributed by atoms with Gasteiger partial charge in [-0.05, 0) is 36.2 Å². The highest BCUT2D eigenvalue weighted by molar-refractivity contribution is 7.82. The predicted molar refractivity (Wildman–Crippen MR) is 150 cm³/mol. The molecule has 4 unspecified atom stereocenters. The Bertz CT molecular complexity index is 1140. The number of amides is 2. The number of rotatable bonds is 14. The first-order valence-electron chi connectivity index (χ1n) is 13.0. The molecule has 40 heavy (non-hydrogen) atoms. The zero-order valence-corrected chi connectivity index (χ0v) is 24.1. The first kappa shape index (κ1) is 31.5. The minimum Gasteiger partial charge on any atom is -0.497 e. The fraction of sp³-hybridized carbons (Fsp3) is 0.500. The van der Waals surface area contributed by atoms with Crippen molar-refractivity contribution >= 4 is 22.8 Å². The molecule has 2 aromatic carbocycles. The molecule has 3 rings (SSSR count). The molecule has 0 radical (unpaired) electrons. The second kappa shape index (κ2) is 15.1. The van der Waals surface area contributed by atoms with Gasteiger partial charge in [-0.25, -0.2) is 8.93 Å². The van der Waals surface area contributed by atoms with E-state index in [9.17, 15) is 18.9 Å². The molecule has 1 aliphatic heterocycles. The molecule has 220 valence electrons. The number of benzene rings is 2. The number of carbonyl (C=O) groups is 2. The van der Waals surface area contributed by atoms with E-state index in [0.717, 1.165) is 11.1 Å². The van der Waals surface area contributed by atoms with E-state index in [1.807, 2.05) is 32.0 Å². The predicted octanol–water partition coefficient (Wildman–Crippen LogP) is 1.58. The molecule has 0 aliphatic carbocycles. The smallest absolute Gasteiger partial charge is 0.249 e. The molecule has 2 aromatic rings. The quantitative estimate of drug-likeness (QED) is 0.248. The highest BCUT2D eigenvalue weighted by Crippen LogP contribution is 2.37. The molecular formula is C28H39N3O8S. The van der Waals surface area contributed by atoms with Gasteiger partial charge in [-0.3, -0.25) is 9.59 Å². The number of aliphatic hydroxyl groups is 1. The number of methoxy groups -OCH3 is 1. The maximum Gasteiger partial charge on any atom is 0.249 e. The van der Waals surface area contributed by atoms with Crippen LogP contribution in [-0.2, 0) is 36.6 Å². The lowest BCUT2D eigenvalue weighted by Crippen LogP contribution is -2.52. The average molecular weight is 578 g/mol. The third-order valence-corrected chi connectivity index (χ3v) is 6.87. The zero-order valence-electron chi connectivity index (χ0n) is 23.3. The summed E-state index contributed by atoms with van der Waals surface area (Å²) in [5, 5.41) is 15.8. The van der Waals surface area contributed by atoms with E-state index in [1.54, 1.807) is 43.7 Å². The molecule has 1 fully saturated rings. The Morgan fingerprint density at radius 1 is 1.12 bits per heavy atom. The van der Waals surface area contributed by atoms with Crippen LogP contribution >= 0.6 is 0 Å². The van der Waals surface area contributed by atoms with Crippen LogP contribution < -0.4 is 24.8 Å². The molecule has 0 aromatic heterocycles. The Balaban J connectivity index is 1.42. The monoisotopic (exact) mass is 577 g/mol. The number of hydrogen-bond acceptors (Lipinski definition) is 8. The Labute approximate surface area is 237 Å². The van der Waals surface area contributed by atoms with Gasteiger partial charge in [0.2, 0.25) is 11.8 Å². The van der Waals surface area contributed by atoms with Crippen LogP contribution in [0.2, 0.25) is 0 Å². The van der Waals surface area contributed by atoms with Gasteiger partial charge in [0.1, 0.15) is 30.3 Å². The summed E-state index contributed by atoms with van der Waals surface area (Å²) in [5.41, 5.74) is 0.986. The summed E-state index contributed by atoms with van der Waals surface area (Å²) < 4.78 is 36.5. The second-order valence-corrected chi connectivity index (χ2v) is 11.3. The first-order valence-corrected chi connectivity index (χ1v) is 14.6. The Kier molecular flexibility index (Phi) is 11.9. The number of ether oxygens (including phenoxy) is 4. The fourth-order valence-electron chi connectivity index (χ4n) is 4.03. The normalized spacial score (nSPS) is 19.7. The van der Waals surface area contributed by atoms with E-state index in [1.165, 1.54) is 0 Å². The van der Waals surface area contributed by atoms with Crippen LogP contribution in [0.1, 0.15) is 37.7 Å². The van der Waals surface area contributed by atoms with Gasteiger partial charge in [0.05, 0.1) is 24.7 Å². The van der Waals surface area contributed by atoms with Crippen LogP contribution in [0.4, 0.5) is 0 Å². The Morgan fingerprint density at radius 3 is 2.58 bits per heavy atom. The summed E-state index contributed by atoms with van der Waals surface area (Å²) in [6, 6.07) is 14.4. The van der Waals surface area contributed by atoms with Crippen molar-refractivity contribution < 1.29 is 37.9 Å². The van der Waals surface area contributed by atoms with Crippen LogP contribution in [-0.4, -0.2) is 73.0 Å². The maximum atomic E-state index is 13.0. The lowest BCUT2D eigenvalue weighted by Gasteiger charge is -2.41. The van der Waals surface area contributed by atoms with Crippen molar-refractivity contribution in [3.05, 3.63) is 59.7 Å². The lowest BCUT2D eigenvalue weighted by molar-refractivity contribution is -0.258. The summed E-state index contributed by atoms with van der Waals surface area (Å²) >= 11 is 0. The maximum absolute atomic E-state index is 13.0. The van der Waals surface area contributed by atoms with E-state index in [-0.39, 0.29) is 25.4 Å². The number of nitrogens with one attached hydrogen (secondary N) is 3. The van der Waals surface area contributed by atoms with Crippen molar-refractivity contribution in [3.63, 3.8) is 0 Å². The molecule has 12 heteroatoms. The van der Waals surface area contributed by atoms with E-state index in [0.29, 0.717) is 31.3 Å². The van der Waals surface area contributed by atoms with Crippen molar-refractivity contribution in [2.45, 2.75) is 45.3 Å². The van der Waals surface area contributed by atoms with Crippen LogP contribution in [0.5, 0.6) is 11.5 Å². The molecule has 0 saturated carbocycles. The summed E-state index contributed by atoms with van der Waals surface area (Å²) in [6.07, 6.45) is -1.19. The largest absolute Gasteiger partial charge is 0.497 e. The molecule has 4 atom stereocenters. The van der Waals surface area contributed by atoms with Gasteiger partial charge in [-0.1, -0.05) is 38.1 Å². The van der Waals surface area contributed by atoms with Gasteiger partial charge in [0.25, 0.3) is 0 Å². The highest BCUT2D eigenvalue weighted by Gasteiger charge is 2.43. The molecule has 0 spiro atoms. The van der Waals surface area contributed by atoms with Crippen molar-refractivity contribution in [2.24, 2.45) is 5.41 Å². The number of carbonyl (C=O) groups excluding carboxylic acids is 2. The van der Waals surface area contributed by atoms with Gasteiger partial charge in [0, 0.05) is 36.9 Å². The molecule has 1 heterocycles.